The van der Waals surface area contributed by atoms with E-state index in [1.165, 1.54) is 6.42 Å². The number of amides is 2. The maximum atomic E-state index is 13.3. The second-order valence-corrected chi connectivity index (χ2v) is 7.84. The molecule has 1 aliphatic rings. The van der Waals surface area contributed by atoms with Gasteiger partial charge in [0, 0.05) is 28.9 Å². The molecule has 0 atom stereocenters. The van der Waals surface area contributed by atoms with E-state index in [9.17, 15) is 14.9 Å². The molecule has 0 unspecified atom stereocenters. The highest BCUT2D eigenvalue weighted by Gasteiger charge is 2.23. The van der Waals surface area contributed by atoms with Gasteiger partial charge in [0.1, 0.15) is 0 Å². The Bertz CT molecular complexity index is 924. The number of rotatable bonds is 5. The van der Waals surface area contributed by atoms with Gasteiger partial charge in [-0.1, -0.05) is 31.4 Å². The van der Waals surface area contributed by atoms with Crippen LogP contribution in [0.25, 0.3) is 0 Å². The number of carbonyl (C=O) groups is 2. The van der Waals surface area contributed by atoms with Crippen LogP contribution in [-0.2, 0) is 4.79 Å². The van der Waals surface area contributed by atoms with Crippen LogP contribution in [0.3, 0.4) is 0 Å². The number of hydrogen-bond acceptors (Lipinski definition) is 3. The van der Waals surface area contributed by atoms with Crippen molar-refractivity contribution in [3.63, 3.8) is 0 Å². The van der Waals surface area contributed by atoms with Crippen molar-refractivity contribution in [2.75, 3.05) is 10.2 Å². The van der Waals surface area contributed by atoms with Crippen LogP contribution in [0.2, 0.25) is 0 Å². The summed E-state index contributed by atoms with van der Waals surface area (Å²) in [5.74, 6) is -0.0652. The SMILES string of the molecule is CC(C)N(C(=O)c1cccc(NC(=O)C2CCCCC2)c1)c1cccc(C#N)c1. The van der Waals surface area contributed by atoms with Crippen molar-refractivity contribution >= 4 is 23.2 Å². The highest BCUT2D eigenvalue weighted by atomic mass is 16.2. The zero-order chi connectivity index (χ0) is 20.8. The molecule has 1 fully saturated rings. The van der Waals surface area contributed by atoms with E-state index in [4.69, 9.17) is 0 Å². The summed E-state index contributed by atoms with van der Waals surface area (Å²) in [5, 5.41) is 12.2. The Morgan fingerprint density at radius 1 is 1.07 bits per heavy atom. The standard InChI is InChI=1S/C24H27N3O2/c1-17(2)27(22-13-6-8-18(14-22)16-25)24(29)20-11-7-12-21(15-20)26-23(28)19-9-4-3-5-10-19/h6-8,11-15,17,19H,3-5,9-10H2,1-2H3,(H,26,28). The van der Waals surface area contributed by atoms with E-state index in [1.54, 1.807) is 41.3 Å². The molecule has 3 rings (SSSR count). The van der Waals surface area contributed by atoms with Gasteiger partial charge in [0.05, 0.1) is 11.6 Å². The summed E-state index contributed by atoms with van der Waals surface area (Å²) in [6.45, 7) is 3.87. The molecule has 1 N–H and O–H groups in total. The molecule has 0 bridgehead atoms. The molecule has 0 heterocycles. The Balaban J connectivity index is 1.81. The van der Waals surface area contributed by atoms with Gasteiger partial charge < -0.3 is 10.2 Å². The number of nitriles is 1. The van der Waals surface area contributed by atoms with Crippen molar-refractivity contribution in [3.05, 3.63) is 59.7 Å². The molecule has 150 valence electrons. The minimum Gasteiger partial charge on any atom is -0.326 e. The van der Waals surface area contributed by atoms with E-state index < -0.39 is 0 Å². The lowest BCUT2D eigenvalue weighted by Crippen LogP contribution is -2.37. The average molecular weight is 389 g/mol. The fraction of sp³-hybridized carbons (Fsp3) is 0.375. The summed E-state index contributed by atoms with van der Waals surface area (Å²) in [6.07, 6.45) is 5.26. The summed E-state index contributed by atoms with van der Waals surface area (Å²) >= 11 is 0. The lowest BCUT2D eigenvalue weighted by molar-refractivity contribution is -0.120. The minimum atomic E-state index is -0.163. The molecule has 2 amide bonds. The normalized spacial score (nSPS) is 14.3. The van der Waals surface area contributed by atoms with E-state index in [1.807, 2.05) is 26.0 Å². The summed E-state index contributed by atoms with van der Waals surface area (Å²) in [5.41, 5.74) is 2.33. The van der Waals surface area contributed by atoms with E-state index in [0.717, 1.165) is 25.7 Å². The lowest BCUT2D eigenvalue weighted by Gasteiger charge is -2.27. The van der Waals surface area contributed by atoms with Crippen LogP contribution in [0.4, 0.5) is 11.4 Å². The van der Waals surface area contributed by atoms with Crippen LogP contribution in [0.1, 0.15) is 61.9 Å². The van der Waals surface area contributed by atoms with Gasteiger partial charge in [0.15, 0.2) is 0 Å². The molecule has 1 aliphatic carbocycles. The van der Waals surface area contributed by atoms with Crippen molar-refractivity contribution in [2.45, 2.75) is 52.0 Å². The zero-order valence-corrected chi connectivity index (χ0v) is 17.0. The minimum absolute atomic E-state index is 0.0386. The Hall–Kier alpha value is -3.13. The van der Waals surface area contributed by atoms with E-state index in [0.29, 0.717) is 22.5 Å². The summed E-state index contributed by atoms with van der Waals surface area (Å²) in [7, 11) is 0. The summed E-state index contributed by atoms with van der Waals surface area (Å²) < 4.78 is 0. The first-order chi connectivity index (χ1) is 14.0. The van der Waals surface area contributed by atoms with Gasteiger partial charge in [-0.2, -0.15) is 5.26 Å². The number of hydrogen-bond donors (Lipinski definition) is 1. The number of nitrogens with zero attached hydrogens (tertiary/aromatic N) is 2. The second-order valence-electron chi connectivity index (χ2n) is 7.84. The Labute approximate surface area is 172 Å². The molecule has 29 heavy (non-hydrogen) atoms. The number of benzene rings is 2. The van der Waals surface area contributed by atoms with Crippen LogP contribution in [0, 0.1) is 17.2 Å². The zero-order valence-electron chi connectivity index (χ0n) is 17.0. The average Bonchev–Trinajstić information content (AvgIpc) is 2.74. The molecular weight excluding hydrogens is 362 g/mol. The molecule has 5 heteroatoms. The van der Waals surface area contributed by atoms with Gasteiger partial charge in [-0.05, 0) is 63.1 Å². The molecular formula is C24H27N3O2. The van der Waals surface area contributed by atoms with Crippen LogP contribution in [-0.4, -0.2) is 17.9 Å². The smallest absolute Gasteiger partial charge is 0.258 e. The Morgan fingerprint density at radius 2 is 1.79 bits per heavy atom. The quantitative estimate of drug-likeness (QED) is 0.770. The van der Waals surface area contributed by atoms with Gasteiger partial charge in [-0.15, -0.1) is 0 Å². The number of carbonyl (C=O) groups excluding carboxylic acids is 2. The van der Waals surface area contributed by atoms with Gasteiger partial charge in [0.25, 0.3) is 5.91 Å². The third kappa shape index (κ3) is 5.03. The molecule has 1 saturated carbocycles. The third-order valence-corrected chi connectivity index (χ3v) is 5.34. The maximum absolute atomic E-state index is 13.3. The highest BCUT2D eigenvalue weighted by molar-refractivity contribution is 6.07. The topological polar surface area (TPSA) is 73.2 Å². The van der Waals surface area contributed by atoms with E-state index in [2.05, 4.69) is 11.4 Å². The van der Waals surface area contributed by atoms with Gasteiger partial charge in [0.2, 0.25) is 5.91 Å². The molecule has 0 aliphatic heterocycles. The first-order valence-corrected chi connectivity index (χ1v) is 10.2. The maximum Gasteiger partial charge on any atom is 0.258 e. The van der Waals surface area contributed by atoms with Gasteiger partial charge >= 0.3 is 0 Å². The van der Waals surface area contributed by atoms with Crippen molar-refractivity contribution in [1.82, 2.24) is 0 Å². The summed E-state index contributed by atoms with van der Waals surface area (Å²) in [4.78, 5) is 27.5. The van der Waals surface area contributed by atoms with Gasteiger partial charge in [-0.25, -0.2) is 0 Å². The second kappa shape index (κ2) is 9.38. The Kier molecular flexibility index (Phi) is 6.66. The first-order valence-electron chi connectivity index (χ1n) is 10.2. The van der Waals surface area contributed by atoms with Crippen molar-refractivity contribution in [2.24, 2.45) is 5.92 Å². The van der Waals surface area contributed by atoms with Crippen LogP contribution in [0.15, 0.2) is 48.5 Å². The molecule has 0 aromatic heterocycles. The molecule has 2 aromatic rings. The van der Waals surface area contributed by atoms with Crippen LogP contribution < -0.4 is 10.2 Å². The predicted octanol–water partition coefficient (Wildman–Crippen LogP) is 5.13. The van der Waals surface area contributed by atoms with Crippen LogP contribution >= 0.6 is 0 Å². The van der Waals surface area contributed by atoms with Crippen LogP contribution in [0.5, 0.6) is 0 Å². The van der Waals surface area contributed by atoms with Crippen molar-refractivity contribution < 1.29 is 9.59 Å². The van der Waals surface area contributed by atoms with E-state index >= 15 is 0 Å². The van der Waals surface area contributed by atoms with E-state index in [-0.39, 0.29) is 23.8 Å². The van der Waals surface area contributed by atoms with Crippen molar-refractivity contribution in [1.29, 1.82) is 5.26 Å². The summed E-state index contributed by atoms with van der Waals surface area (Å²) in [6, 6.07) is 16.1. The molecule has 5 nitrogen and oxygen atoms in total. The molecule has 0 radical (unpaired) electrons. The lowest BCUT2D eigenvalue weighted by atomic mass is 9.88. The largest absolute Gasteiger partial charge is 0.326 e. The van der Waals surface area contributed by atoms with Crippen molar-refractivity contribution in [3.8, 4) is 6.07 Å². The third-order valence-electron chi connectivity index (χ3n) is 5.34. The number of anilines is 2. The molecule has 2 aromatic carbocycles. The number of nitrogens with one attached hydrogen (secondary N) is 1. The first kappa shape index (κ1) is 20.6. The fourth-order valence-corrected chi connectivity index (χ4v) is 3.85. The Morgan fingerprint density at radius 3 is 2.48 bits per heavy atom. The molecule has 0 spiro atoms. The monoisotopic (exact) mass is 389 g/mol. The predicted molar refractivity (Wildman–Crippen MR) is 115 cm³/mol. The van der Waals surface area contributed by atoms with Gasteiger partial charge in [-0.3, -0.25) is 9.59 Å². The highest BCUT2D eigenvalue weighted by Crippen LogP contribution is 2.26. The fourth-order valence-electron chi connectivity index (χ4n) is 3.85. The molecule has 0 saturated heterocycles.